The first-order valence-corrected chi connectivity index (χ1v) is 5.18. The number of carbonyl (C=O) groups is 1. The fourth-order valence-electron chi connectivity index (χ4n) is 1.59. The van der Waals surface area contributed by atoms with Gasteiger partial charge in [0.15, 0.2) is 5.69 Å². The van der Waals surface area contributed by atoms with Gasteiger partial charge in [-0.3, -0.25) is 4.79 Å². The van der Waals surface area contributed by atoms with Gasteiger partial charge in [0.25, 0.3) is 5.91 Å². The van der Waals surface area contributed by atoms with Gasteiger partial charge in [-0.25, -0.2) is 0 Å². The Morgan fingerprint density at radius 2 is 2.31 bits per heavy atom. The van der Waals surface area contributed by atoms with E-state index in [4.69, 9.17) is 4.74 Å². The average Bonchev–Trinajstić information content (AvgIpc) is 2.80. The molecule has 1 fully saturated rings. The number of aromatic nitrogens is 1. The minimum Gasteiger partial charge on any atom is -0.388 e. The number of nitrogens with zero attached hydrogens (tertiary/aromatic N) is 1. The van der Waals surface area contributed by atoms with Crippen LogP contribution in [0.15, 0.2) is 16.9 Å². The maximum Gasteiger partial charge on any atom is 0.273 e. The van der Waals surface area contributed by atoms with E-state index in [9.17, 15) is 9.90 Å². The van der Waals surface area contributed by atoms with Gasteiger partial charge < -0.3 is 19.7 Å². The molecule has 0 aromatic carbocycles. The fraction of sp³-hybridized carbons (Fsp3) is 0.600. The first-order valence-electron chi connectivity index (χ1n) is 5.18. The monoisotopic (exact) mass is 226 g/mol. The van der Waals surface area contributed by atoms with Crippen molar-refractivity contribution in [3.63, 3.8) is 0 Å². The van der Waals surface area contributed by atoms with E-state index in [-0.39, 0.29) is 18.1 Å². The van der Waals surface area contributed by atoms with Gasteiger partial charge in [0, 0.05) is 38.7 Å². The number of amides is 1. The molecule has 0 unspecified atom stereocenters. The zero-order chi connectivity index (χ0) is 11.4. The summed E-state index contributed by atoms with van der Waals surface area (Å²) in [5, 5.41) is 16.2. The summed E-state index contributed by atoms with van der Waals surface area (Å²) >= 11 is 0. The average molecular weight is 226 g/mol. The first kappa shape index (κ1) is 11.1. The molecule has 0 radical (unpaired) electrons. The lowest BCUT2D eigenvalue weighted by atomic mass is 9.94. The molecule has 0 spiro atoms. The lowest BCUT2D eigenvalue weighted by molar-refractivity contribution is -0.0605. The summed E-state index contributed by atoms with van der Waals surface area (Å²) in [7, 11) is 0. The summed E-state index contributed by atoms with van der Waals surface area (Å²) in [5.41, 5.74) is -0.645. The summed E-state index contributed by atoms with van der Waals surface area (Å²) in [4.78, 5) is 11.5. The van der Waals surface area contributed by atoms with Crippen molar-refractivity contribution in [2.24, 2.45) is 0 Å². The van der Waals surface area contributed by atoms with Gasteiger partial charge in [-0.1, -0.05) is 5.16 Å². The van der Waals surface area contributed by atoms with Crippen LogP contribution < -0.4 is 5.32 Å². The summed E-state index contributed by atoms with van der Waals surface area (Å²) in [6.07, 6.45) is 2.40. The highest BCUT2D eigenvalue weighted by molar-refractivity contribution is 5.91. The first-order chi connectivity index (χ1) is 7.70. The molecule has 0 aliphatic carbocycles. The molecule has 2 N–H and O–H groups in total. The van der Waals surface area contributed by atoms with Crippen molar-refractivity contribution in [2.45, 2.75) is 18.4 Å². The molecule has 2 heterocycles. The van der Waals surface area contributed by atoms with Gasteiger partial charge in [0.1, 0.15) is 6.26 Å². The number of aliphatic hydroxyl groups is 1. The maximum atomic E-state index is 11.5. The van der Waals surface area contributed by atoms with Gasteiger partial charge >= 0.3 is 0 Å². The van der Waals surface area contributed by atoms with Crippen LogP contribution in [0.25, 0.3) is 0 Å². The van der Waals surface area contributed by atoms with E-state index in [2.05, 4.69) is 15.0 Å². The Hall–Kier alpha value is -1.40. The van der Waals surface area contributed by atoms with Crippen molar-refractivity contribution >= 4 is 5.91 Å². The molecule has 0 atom stereocenters. The van der Waals surface area contributed by atoms with Crippen LogP contribution in [-0.4, -0.2) is 41.5 Å². The predicted molar refractivity (Wildman–Crippen MR) is 53.8 cm³/mol. The Kier molecular flexibility index (Phi) is 3.21. The Labute approximate surface area is 92.6 Å². The Balaban J connectivity index is 1.84. The summed E-state index contributed by atoms with van der Waals surface area (Å²) in [6, 6.07) is 1.48. The molecule has 1 amide bonds. The number of nitrogens with one attached hydrogen (secondary N) is 1. The molecule has 0 saturated carbocycles. The van der Waals surface area contributed by atoms with E-state index in [1.54, 1.807) is 0 Å². The smallest absolute Gasteiger partial charge is 0.273 e. The Bertz CT molecular complexity index is 344. The van der Waals surface area contributed by atoms with Crippen LogP contribution in [0.3, 0.4) is 0 Å². The Morgan fingerprint density at radius 3 is 2.94 bits per heavy atom. The van der Waals surface area contributed by atoms with E-state index >= 15 is 0 Å². The van der Waals surface area contributed by atoms with Crippen LogP contribution in [-0.2, 0) is 4.74 Å². The highest BCUT2D eigenvalue weighted by atomic mass is 16.5. The normalized spacial score (nSPS) is 19.3. The van der Waals surface area contributed by atoms with Crippen LogP contribution in [0.1, 0.15) is 23.3 Å². The van der Waals surface area contributed by atoms with Crippen LogP contribution in [0.2, 0.25) is 0 Å². The van der Waals surface area contributed by atoms with Crippen molar-refractivity contribution in [1.29, 1.82) is 0 Å². The zero-order valence-electron chi connectivity index (χ0n) is 8.81. The largest absolute Gasteiger partial charge is 0.388 e. The lowest BCUT2D eigenvalue weighted by Gasteiger charge is -2.31. The standard InChI is InChI=1S/C10H14N2O4/c13-9(8-1-4-16-12-8)11-7-10(14)2-5-15-6-3-10/h1,4,14H,2-3,5-7H2,(H,11,13). The third-order valence-corrected chi connectivity index (χ3v) is 2.67. The van der Waals surface area contributed by atoms with Gasteiger partial charge in [-0.2, -0.15) is 0 Å². The van der Waals surface area contributed by atoms with Gasteiger partial charge in [0.2, 0.25) is 0 Å². The topological polar surface area (TPSA) is 84.6 Å². The molecule has 2 rings (SSSR count). The van der Waals surface area contributed by atoms with Crippen molar-refractivity contribution < 1.29 is 19.2 Å². The third-order valence-electron chi connectivity index (χ3n) is 2.67. The zero-order valence-corrected chi connectivity index (χ0v) is 8.81. The fourth-order valence-corrected chi connectivity index (χ4v) is 1.59. The van der Waals surface area contributed by atoms with Crippen LogP contribution in [0.4, 0.5) is 0 Å². The quantitative estimate of drug-likeness (QED) is 0.754. The highest BCUT2D eigenvalue weighted by Crippen LogP contribution is 2.19. The summed E-state index contributed by atoms with van der Waals surface area (Å²) in [6.45, 7) is 1.26. The maximum absolute atomic E-state index is 11.5. The molecule has 16 heavy (non-hydrogen) atoms. The van der Waals surface area contributed by atoms with Gasteiger partial charge in [-0.05, 0) is 0 Å². The van der Waals surface area contributed by atoms with E-state index in [0.29, 0.717) is 26.1 Å². The summed E-state index contributed by atoms with van der Waals surface area (Å²) < 4.78 is 9.70. The molecule has 1 saturated heterocycles. The lowest BCUT2D eigenvalue weighted by Crippen LogP contribution is -2.46. The molecule has 88 valence electrons. The van der Waals surface area contributed by atoms with E-state index in [1.165, 1.54) is 12.3 Å². The van der Waals surface area contributed by atoms with Crippen LogP contribution >= 0.6 is 0 Å². The molecule has 6 heteroatoms. The number of rotatable bonds is 3. The molecule has 1 aliphatic rings. The molecular formula is C10H14N2O4. The second-order valence-corrected chi connectivity index (χ2v) is 3.90. The molecule has 0 bridgehead atoms. The molecule has 6 nitrogen and oxygen atoms in total. The number of ether oxygens (including phenoxy) is 1. The molecular weight excluding hydrogens is 212 g/mol. The van der Waals surface area contributed by atoms with Gasteiger partial charge in [0.05, 0.1) is 5.60 Å². The van der Waals surface area contributed by atoms with Crippen LogP contribution in [0.5, 0.6) is 0 Å². The number of carbonyl (C=O) groups excluding carboxylic acids is 1. The number of hydrogen-bond acceptors (Lipinski definition) is 5. The van der Waals surface area contributed by atoms with E-state index in [1.807, 2.05) is 0 Å². The molecule has 1 aromatic rings. The van der Waals surface area contributed by atoms with E-state index < -0.39 is 5.60 Å². The van der Waals surface area contributed by atoms with Gasteiger partial charge in [-0.15, -0.1) is 0 Å². The minimum atomic E-state index is -0.863. The highest BCUT2D eigenvalue weighted by Gasteiger charge is 2.30. The third kappa shape index (κ3) is 2.59. The predicted octanol–water partition coefficient (Wildman–Crippen LogP) is -0.0541. The van der Waals surface area contributed by atoms with Crippen molar-refractivity contribution in [3.05, 3.63) is 18.0 Å². The second-order valence-electron chi connectivity index (χ2n) is 3.90. The summed E-state index contributed by atoms with van der Waals surface area (Å²) in [5.74, 6) is -0.339. The number of hydrogen-bond donors (Lipinski definition) is 2. The molecule has 1 aromatic heterocycles. The minimum absolute atomic E-state index is 0.210. The van der Waals surface area contributed by atoms with Crippen molar-refractivity contribution in [1.82, 2.24) is 10.5 Å². The SMILES string of the molecule is O=C(NCC1(O)CCOCC1)c1ccon1. The second kappa shape index (κ2) is 4.63. The van der Waals surface area contributed by atoms with E-state index in [0.717, 1.165) is 0 Å². The van der Waals surface area contributed by atoms with Crippen LogP contribution in [0, 0.1) is 0 Å². The Morgan fingerprint density at radius 1 is 1.56 bits per heavy atom. The molecule has 1 aliphatic heterocycles. The van der Waals surface area contributed by atoms with Crippen molar-refractivity contribution in [2.75, 3.05) is 19.8 Å². The van der Waals surface area contributed by atoms with Crippen molar-refractivity contribution in [3.8, 4) is 0 Å².